The number of hydrogen-bond donors (Lipinski definition) is 1. The van der Waals surface area contributed by atoms with Gasteiger partial charge in [-0.25, -0.2) is 4.98 Å². The van der Waals surface area contributed by atoms with Crippen LogP contribution in [0.3, 0.4) is 0 Å². The fourth-order valence-corrected chi connectivity index (χ4v) is 5.33. The van der Waals surface area contributed by atoms with Crippen LogP contribution in [0, 0.1) is 5.92 Å². The summed E-state index contributed by atoms with van der Waals surface area (Å²) in [5, 5.41) is 8.70. The van der Waals surface area contributed by atoms with Gasteiger partial charge in [0.15, 0.2) is 0 Å². The molecular weight excluding hydrogens is 478 g/mol. The topological polar surface area (TPSA) is 106 Å². The van der Waals surface area contributed by atoms with Crippen LogP contribution in [-0.2, 0) is 16.0 Å². The van der Waals surface area contributed by atoms with Crippen molar-refractivity contribution in [1.29, 1.82) is 0 Å². The molecule has 36 heavy (non-hydrogen) atoms. The molecule has 1 saturated heterocycles. The van der Waals surface area contributed by atoms with Crippen LogP contribution >= 0.6 is 11.3 Å². The van der Waals surface area contributed by atoms with E-state index in [0.29, 0.717) is 59.1 Å². The van der Waals surface area contributed by atoms with Crippen LogP contribution in [-0.4, -0.2) is 51.1 Å². The van der Waals surface area contributed by atoms with E-state index in [9.17, 15) is 14.4 Å². The second-order valence-corrected chi connectivity index (χ2v) is 9.66. The number of nitrogens with one attached hydrogen (secondary N) is 1. The number of piperidine rings is 1. The van der Waals surface area contributed by atoms with Crippen molar-refractivity contribution in [2.24, 2.45) is 5.92 Å². The van der Waals surface area contributed by atoms with Crippen molar-refractivity contribution >= 4 is 49.9 Å². The molecule has 0 atom stereocenters. The third-order valence-corrected chi connectivity index (χ3v) is 7.31. The molecule has 1 aliphatic heterocycles. The molecule has 2 aromatic heterocycles. The molecule has 0 spiro atoms. The zero-order chi connectivity index (χ0) is 25.2. The summed E-state index contributed by atoms with van der Waals surface area (Å²) in [4.78, 5) is 45.1. The number of hydrogen-bond acceptors (Lipinski definition) is 8. The van der Waals surface area contributed by atoms with Crippen molar-refractivity contribution in [2.75, 3.05) is 25.0 Å². The first-order valence-corrected chi connectivity index (χ1v) is 12.9. The van der Waals surface area contributed by atoms with Crippen molar-refractivity contribution in [1.82, 2.24) is 19.5 Å². The highest BCUT2D eigenvalue weighted by molar-refractivity contribution is 7.20. The number of aromatic nitrogens is 3. The number of fused-ring (bicyclic) bond motifs is 2. The number of ether oxygens (including phenoxy) is 1. The summed E-state index contributed by atoms with van der Waals surface area (Å²) in [6.07, 6.45) is 2.03. The van der Waals surface area contributed by atoms with Gasteiger partial charge in [-0.3, -0.25) is 14.4 Å². The van der Waals surface area contributed by atoms with Gasteiger partial charge in [0.1, 0.15) is 0 Å². The Hall–Kier alpha value is -3.79. The Kier molecular flexibility index (Phi) is 6.69. The minimum Gasteiger partial charge on any atom is -0.466 e. The fourth-order valence-electron chi connectivity index (χ4n) is 4.52. The molecule has 1 amide bonds. The fraction of sp³-hybridized carbons (Fsp3) is 0.346. The van der Waals surface area contributed by atoms with Gasteiger partial charge in [-0.05, 0) is 56.0 Å². The summed E-state index contributed by atoms with van der Waals surface area (Å²) in [6.45, 7) is 5.20. The Balaban J connectivity index is 1.39. The number of rotatable bonds is 6. The van der Waals surface area contributed by atoms with E-state index in [1.807, 2.05) is 24.3 Å². The summed E-state index contributed by atoms with van der Waals surface area (Å²) in [5.41, 5.74) is 2.73. The lowest BCUT2D eigenvalue weighted by Crippen LogP contribution is -2.40. The van der Waals surface area contributed by atoms with Gasteiger partial charge in [0.05, 0.1) is 23.4 Å². The van der Waals surface area contributed by atoms with Crippen molar-refractivity contribution in [3.63, 3.8) is 0 Å². The monoisotopic (exact) mass is 505 g/mol. The van der Waals surface area contributed by atoms with Gasteiger partial charge in [0, 0.05) is 24.3 Å². The van der Waals surface area contributed by atoms with E-state index in [-0.39, 0.29) is 23.4 Å². The number of amides is 1. The van der Waals surface area contributed by atoms with Crippen LogP contribution in [0.1, 0.15) is 42.6 Å². The van der Waals surface area contributed by atoms with E-state index in [1.165, 1.54) is 15.9 Å². The van der Waals surface area contributed by atoms with Gasteiger partial charge in [0.25, 0.3) is 11.5 Å². The lowest BCUT2D eigenvalue weighted by atomic mass is 9.96. The Bertz CT molecular complexity index is 1500. The predicted molar refractivity (Wildman–Crippen MR) is 139 cm³/mol. The first-order chi connectivity index (χ1) is 17.5. The highest BCUT2D eigenvalue weighted by atomic mass is 32.1. The SMILES string of the molecule is CCOC(=O)C1CCN(C(=O)c2ccc3c(=O)n4nc(Nc5ccccc5CC)sc4nc3c2)CC1. The van der Waals surface area contributed by atoms with Crippen LogP contribution in [0.25, 0.3) is 15.9 Å². The van der Waals surface area contributed by atoms with Crippen molar-refractivity contribution in [2.45, 2.75) is 33.1 Å². The maximum atomic E-state index is 13.1. The standard InChI is InChI=1S/C26H27N5O4S/c1-3-16-7-5-6-8-20(16)27-25-29-31-23(33)19-10-9-18(15-21(19)28-26(31)36-25)22(32)30-13-11-17(12-14-30)24(34)35-4-2/h5-10,15,17H,3-4,11-14H2,1-2H3,(H,27,29). The summed E-state index contributed by atoms with van der Waals surface area (Å²) in [7, 11) is 0. The average molecular weight is 506 g/mol. The first kappa shape index (κ1) is 23.9. The number of likely N-dealkylation sites (tertiary alicyclic amines) is 1. The molecular formula is C26H27N5O4S. The summed E-state index contributed by atoms with van der Waals surface area (Å²) in [6, 6.07) is 12.9. The molecule has 0 saturated carbocycles. The van der Waals surface area contributed by atoms with E-state index >= 15 is 0 Å². The number of para-hydroxylation sites is 1. The number of carbonyl (C=O) groups is 2. The van der Waals surface area contributed by atoms with Crippen LogP contribution in [0.5, 0.6) is 0 Å². The molecule has 4 aromatic rings. The molecule has 0 unspecified atom stereocenters. The zero-order valence-corrected chi connectivity index (χ0v) is 21.0. The summed E-state index contributed by atoms with van der Waals surface area (Å²) in [5.74, 6) is -0.497. The maximum absolute atomic E-state index is 13.1. The van der Waals surface area contributed by atoms with Gasteiger partial charge in [0.2, 0.25) is 10.1 Å². The molecule has 0 aliphatic carbocycles. The number of aryl methyl sites for hydroxylation is 1. The van der Waals surface area contributed by atoms with Gasteiger partial charge < -0.3 is 15.0 Å². The van der Waals surface area contributed by atoms with Crippen LogP contribution in [0.4, 0.5) is 10.8 Å². The van der Waals surface area contributed by atoms with Gasteiger partial charge >= 0.3 is 5.97 Å². The van der Waals surface area contributed by atoms with Crippen molar-refractivity contribution < 1.29 is 14.3 Å². The second-order valence-electron chi connectivity index (χ2n) is 8.70. The van der Waals surface area contributed by atoms with Crippen LogP contribution in [0.2, 0.25) is 0 Å². The van der Waals surface area contributed by atoms with Crippen LogP contribution in [0.15, 0.2) is 47.3 Å². The molecule has 3 heterocycles. The van der Waals surface area contributed by atoms with E-state index in [4.69, 9.17) is 4.74 Å². The quantitative estimate of drug-likeness (QED) is 0.395. The van der Waals surface area contributed by atoms with Crippen LogP contribution < -0.4 is 10.9 Å². The van der Waals surface area contributed by atoms with Gasteiger partial charge in [-0.15, -0.1) is 5.10 Å². The highest BCUT2D eigenvalue weighted by Crippen LogP contribution is 2.26. The van der Waals surface area contributed by atoms with Gasteiger partial charge in [-0.2, -0.15) is 4.52 Å². The molecule has 0 bridgehead atoms. The third kappa shape index (κ3) is 4.56. The number of anilines is 2. The summed E-state index contributed by atoms with van der Waals surface area (Å²) < 4.78 is 6.41. The lowest BCUT2D eigenvalue weighted by Gasteiger charge is -2.31. The minimum atomic E-state index is -0.280. The Morgan fingerprint density at radius 2 is 1.92 bits per heavy atom. The van der Waals surface area contributed by atoms with Gasteiger partial charge in [-0.1, -0.05) is 36.5 Å². The zero-order valence-electron chi connectivity index (χ0n) is 20.2. The Morgan fingerprint density at radius 1 is 1.14 bits per heavy atom. The Morgan fingerprint density at radius 3 is 2.67 bits per heavy atom. The molecule has 1 fully saturated rings. The number of nitrogens with zero attached hydrogens (tertiary/aromatic N) is 4. The Labute approximate surface area is 211 Å². The van der Waals surface area contributed by atoms with E-state index in [2.05, 4.69) is 22.3 Å². The molecule has 2 aromatic carbocycles. The lowest BCUT2D eigenvalue weighted by molar-refractivity contribution is -0.149. The largest absolute Gasteiger partial charge is 0.466 e. The number of esters is 1. The normalized spacial score (nSPS) is 14.3. The molecule has 1 N–H and O–H groups in total. The molecule has 0 radical (unpaired) electrons. The predicted octanol–water partition coefficient (Wildman–Crippen LogP) is 4.03. The van der Waals surface area contributed by atoms with E-state index in [0.717, 1.165) is 17.7 Å². The smallest absolute Gasteiger partial charge is 0.309 e. The summed E-state index contributed by atoms with van der Waals surface area (Å²) >= 11 is 1.28. The van der Waals surface area contributed by atoms with Crippen molar-refractivity contribution in [3.8, 4) is 0 Å². The second kappa shape index (κ2) is 10.1. The first-order valence-electron chi connectivity index (χ1n) is 12.1. The highest BCUT2D eigenvalue weighted by Gasteiger charge is 2.29. The molecule has 1 aliphatic rings. The minimum absolute atomic E-state index is 0.135. The molecule has 5 rings (SSSR count). The molecule has 9 nitrogen and oxygen atoms in total. The van der Waals surface area contributed by atoms with Crippen molar-refractivity contribution in [3.05, 3.63) is 63.9 Å². The van der Waals surface area contributed by atoms with E-state index < -0.39 is 0 Å². The molecule has 10 heteroatoms. The number of benzene rings is 2. The maximum Gasteiger partial charge on any atom is 0.309 e. The number of carbonyl (C=O) groups excluding carboxylic acids is 2. The molecule has 186 valence electrons. The average Bonchev–Trinajstić information content (AvgIpc) is 3.31. The van der Waals surface area contributed by atoms with E-state index in [1.54, 1.807) is 30.0 Å². The third-order valence-electron chi connectivity index (χ3n) is 6.49.